The van der Waals surface area contributed by atoms with Gasteiger partial charge in [-0.15, -0.1) is 0 Å². The first-order chi connectivity index (χ1) is 13.6. The summed E-state index contributed by atoms with van der Waals surface area (Å²) >= 11 is 5.96. The third-order valence-corrected chi connectivity index (χ3v) is 4.70. The predicted octanol–water partition coefficient (Wildman–Crippen LogP) is 4.40. The van der Waals surface area contributed by atoms with Gasteiger partial charge < -0.3 is 9.72 Å². The number of halogens is 1. The molecule has 138 valence electrons. The lowest BCUT2D eigenvalue weighted by atomic mass is 10.1. The van der Waals surface area contributed by atoms with Gasteiger partial charge in [0.15, 0.2) is 0 Å². The summed E-state index contributed by atoms with van der Waals surface area (Å²) in [5, 5.41) is 3.29. The first kappa shape index (κ1) is 17.9. The highest BCUT2D eigenvalue weighted by molar-refractivity contribution is 6.47. The van der Waals surface area contributed by atoms with E-state index in [1.54, 1.807) is 30.6 Å². The molecule has 0 atom stereocenters. The lowest BCUT2D eigenvalue weighted by Gasteiger charge is -2.04. The van der Waals surface area contributed by atoms with Crippen molar-refractivity contribution in [2.75, 3.05) is 5.32 Å². The molecule has 0 aliphatic rings. The second-order valence-electron chi connectivity index (χ2n) is 6.33. The predicted molar refractivity (Wildman–Crippen MR) is 109 cm³/mol. The van der Waals surface area contributed by atoms with E-state index in [9.17, 15) is 9.59 Å². The van der Waals surface area contributed by atoms with Crippen LogP contribution in [0.2, 0.25) is 5.02 Å². The van der Waals surface area contributed by atoms with E-state index in [1.807, 2.05) is 53.1 Å². The Morgan fingerprint density at radius 2 is 1.75 bits per heavy atom. The van der Waals surface area contributed by atoms with Crippen LogP contribution in [0.4, 0.5) is 5.69 Å². The van der Waals surface area contributed by atoms with Crippen molar-refractivity contribution in [3.05, 3.63) is 101 Å². The molecular weight excluding hydrogens is 374 g/mol. The zero-order valence-electron chi connectivity index (χ0n) is 14.8. The van der Waals surface area contributed by atoms with Crippen molar-refractivity contribution in [3.8, 4) is 0 Å². The van der Waals surface area contributed by atoms with Gasteiger partial charge in [0.2, 0.25) is 0 Å². The van der Waals surface area contributed by atoms with Crippen LogP contribution in [0.5, 0.6) is 0 Å². The maximum absolute atomic E-state index is 12.8. The summed E-state index contributed by atoms with van der Waals surface area (Å²) in [6.45, 7) is 0. The smallest absolute Gasteiger partial charge is 0.296 e. The molecule has 4 aromatic rings. The van der Waals surface area contributed by atoms with E-state index in [1.165, 1.54) is 0 Å². The molecule has 4 rings (SSSR count). The van der Waals surface area contributed by atoms with Gasteiger partial charge in [-0.3, -0.25) is 14.6 Å². The van der Waals surface area contributed by atoms with Crippen LogP contribution in [0.3, 0.4) is 0 Å². The molecule has 0 bridgehead atoms. The van der Waals surface area contributed by atoms with Gasteiger partial charge >= 0.3 is 0 Å². The van der Waals surface area contributed by atoms with Crippen molar-refractivity contribution in [2.24, 2.45) is 0 Å². The van der Waals surface area contributed by atoms with Crippen LogP contribution in [-0.4, -0.2) is 21.1 Å². The van der Waals surface area contributed by atoms with Gasteiger partial charge in [0.1, 0.15) is 0 Å². The minimum atomic E-state index is -0.680. The average molecular weight is 390 g/mol. The summed E-state index contributed by atoms with van der Waals surface area (Å²) in [6, 6.07) is 18.2. The molecule has 6 heteroatoms. The third kappa shape index (κ3) is 3.66. The Morgan fingerprint density at radius 1 is 1.00 bits per heavy atom. The number of fused-ring (bicyclic) bond motifs is 1. The van der Waals surface area contributed by atoms with E-state index >= 15 is 0 Å². The monoisotopic (exact) mass is 389 g/mol. The molecule has 0 fully saturated rings. The molecule has 5 nitrogen and oxygen atoms in total. The number of hydrogen-bond acceptors (Lipinski definition) is 3. The Morgan fingerprint density at radius 3 is 2.50 bits per heavy atom. The van der Waals surface area contributed by atoms with Gasteiger partial charge in [-0.05, 0) is 48.0 Å². The molecular formula is C22H16ClN3O2. The number of nitrogens with zero attached hydrogens (tertiary/aromatic N) is 2. The molecule has 0 radical (unpaired) electrons. The summed E-state index contributed by atoms with van der Waals surface area (Å²) in [7, 11) is 0. The first-order valence-electron chi connectivity index (χ1n) is 8.71. The number of rotatable bonds is 5. The summed E-state index contributed by atoms with van der Waals surface area (Å²) in [4.78, 5) is 29.2. The molecule has 1 amide bonds. The van der Waals surface area contributed by atoms with Crippen LogP contribution >= 0.6 is 11.6 Å². The Hall–Kier alpha value is -3.44. The quantitative estimate of drug-likeness (QED) is 0.406. The number of anilines is 1. The molecule has 0 aliphatic carbocycles. The number of carbonyl (C=O) groups excluding carboxylic acids is 2. The number of pyridine rings is 2. The number of amides is 1. The molecule has 0 saturated heterocycles. The largest absolute Gasteiger partial charge is 0.320 e. The SMILES string of the molecule is O=C(Nc1ccncc1)C(=O)c1cc(Cc2ccc(Cl)cc2)n2ccccc12. The summed E-state index contributed by atoms with van der Waals surface area (Å²) in [5.74, 6) is -1.26. The number of benzene rings is 1. The highest BCUT2D eigenvalue weighted by Crippen LogP contribution is 2.22. The minimum Gasteiger partial charge on any atom is -0.320 e. The standard InChI is InChI=1S/C22H16ClN3O2/c23-16-6-4-15(5-7-16)13-18-14-19(20-3-1-2-12-26(18)20)21(27)22(28)25-17-8-10-24-11-9-17/h1-12,14H,13H2,(H,24,25,28). The van der Waals surface area contributed by atoms with Gasteiger partial charge in [0.05, 0.1) is 11.1 Å². The van der Waals surface area contributed by atoms with Crippen molar-refractivity contribution in [3.63, 3.8) is 0 Å². The minimum absolute atomic E-state index is 0.371. The molecule has 0 spiro atoms. The second kappa shape index (κ2) is 7.66. The number of aromatic nitrogens is 2. The summed E-state index contributed by atoms with van der Waals surface area (Å²) in [6.07, 6.45) is 5.61. The Kier molecular flexibility index (Phi) is 4.91. The van der Waals surface area contributed by atoms with Crippen LogP contribution in [-0.2, 0) is 11.2 Å². The maximum atomic E-state index is 12.8. The zero-order valence-corrected chi connectivity index (χ0v) is 15.6. The van der Waals surface area contributed by atoms with Crippen LogP contribution < -0.4 is 5.32 Å². The fourth-order valence-electron chi connectivity index (χ4n) is 3.10. The van der Waals surface area contributed by atoms with Gasteiger partial charge in [-0.2, -0.15) is 0 Å². The molecule has 0 aliphatic heterocycles. The number of nitrogens with one attached hydrogen (secondary N) is 1. The van der Waals surface area contributed by atoms with Crippen molar-refractivity contribution in [1.82, 2.24) is 9.38 Å². The van der Waals surface area contributed by atoms with Crippen LogP contribution in [0.15, 0.2) is 79.3 Å². The average Bonchev–Trinajstić information content (AvgIpc) is 3.08. The van der Waals surface area contributed by atoms with Crippen molar-refractivity contribution in [2.45, 2.75) is 6.42 Å². The van der Waals surface area contributed by atoms with Crippen LogP contribution in [0.25, 0.3) is 5.52 Å². The van der Waals surface area contributed by atoms with E-state index in [0.29, 0.717) is 28.2 Å². The normalized spacial score (nSPS) is 10.8. The molecule has 1 N–H and O–H groups in total. The molecule has 0 saturated carbocycles. The summed E-state index contributed by atoms with van der Waals surface area (Å²) < 4.78 is 1.93. The number of carbonyl (C=O) groups is 2. The molecule has 3 heterocycles. The molecule has 1 aromatic carbocycles. The third-order valence-electron chi connectivity index (χ3n) is 4.44. The van der Waals surface area contributed by atoms with E-state index in [0.717, 1.165) is 11.3 Å². The van der Waals surface area contributed by atoms with E-state index in [2.05, 4.69) is 10.3 Å². The number of Topliss-reactive ketones (excluding diaryl/α,β-unsaturated/α-hetero) is 1. The zero-order chi connectivity index (χ0) is 19.5. The molecule has 0 unspecified atom stereocenters. The lowest BCUT2D eigenvalue weighted by molar-refractivity contribution is -0.112. The Balaban J connectivity index is 1.66. The first-order valence-corrected chi connectivity index (χ1v) is 9.09. The van der Waals surface area contributed by atoms with Crippen molar-refractivity contribution in [1.29, 1.82) is 0 Å². The van der Waals surface area contributed by atoms with Crippen LogP contribution in [0, 0.1) is 0 Å². The van der Waals surface area contributed by atoms with E-state index in [4.69, 9.17) is 11.6 Å². The van der Waals surface area contributed by atoms with E-state index in [-0.39, 0.29) is 0 Å². The van der Waals surface area contributed by atoms with Gasteiger partial charge in [0, 0.05) is 41.4 Å². The van der Waals surface area contributed by atoms with Crippen molar-refractivity contribution >= 4 is 34.5 Å². The number of hydrogen-bond donors (Lipinski definition) is 1. The molecule has 3 aromatic heterocycles. The van der Waals surface area contributed by atoms with Gasteiger partial charge in [-0.25, -0.2) is 0 Å². The fraction of sp³-hybridized carbons (Fsp3) is 0.0455. The summed E-state index contributed by atoms with van der Waals surface area (Å²) in [5.41, 5.74) is 3.57. The Bertz CT molecular complexity index is 1150. The van der Waals surface area contributed by atoms with E-state index < -0.39 is 11.7 Å². The lowest BCUT2D eigenvalue weighted by Crippen LogP contribution is -2.22. The fourth-order valence-corrected chi connectivity index (χ4v) is 3.22. The topological polar surface area (TPSA) is 63.5 Å². The highest BCUT2D eigenvalue weighted by atomic mass is 35.5. The highest BCUT2D eigenvalue weighted by Gasteiger charge is 2.22. The maximum Gasteiger partial charge on any atom is 0.296 e. The second-order valence-corrected chi connectivity index (χ2v) is 6.76. The molecule has 28 heavy (non-hydrogen) atoms. The number of ketones is 1. The Labute approximate surface area is 166 Å². The van der Waals surface area contributed by atoms with Crippen molar-refractivity contribution < 1.29 is 9.59 Å². The van der Waals surface area contributed by atoms with Crippen LogP contribution in [0.1, 0.15) is 21.6 Å². The van der Waals surface area contributed by atoms with Gasteiger partial charge in [0.25, 0.3) is 11.7 Å². The van der Waals surface area contributed by atoms with Gasteiger partial charge in [-0.1, -0.05) is 29.8 Å².